The molecule has 0 amide bonds. The summed E-state index contributed by atoms with van der Waals surface area (Å²) in [6.07, 6.45) is 4.57. The van der Waals surface area contributed by atoms with Crippen LogP contribution in [0.3, 0.4) is 0 Å². The molecule has 9 unspecified atom stereocenters. The van der Waals surface area contributed by atoms with E-state index >= 15 is 0 Å². The Morgan fingerprint density at radius 2 is 1.88 bits per heavy atom. The molecule has 0 N–H and O–H groups in total. The van der Waals surface area contributed by atoms with Crippen LogP contribution in [-0.2, 0) is 33.3 Å². The van der Waals surface area contributed by atoms with Gasteiger partial charge < -0.3 is 18.9 Å². The highest BCUT2D eigenvalue weighted by Crippen LogP contribution is 2.60. The largest absolute Gasteiger partial charge is 0.459 e. The Morgan fingerprint density at radius 1 is 1.09 bits per heavy atom. The maximum Gasteiger partial charge on any atom is 0.320 e. The first-order chi connectivity index (χ1) is 15.8. The number of nitrogens with zero attached hydrogens (tertiary/aromatic N) is 1. The van der Waals surface area contributed by atoms with Crippen molar-refractivity contribution >= 4 is 17.9 Å². The highest BCUT2D eigenvalue weighted by atomic mass is 16.6. The van der Waals surface area contributed by atoms with Gasteiger partial charge in [-0.05, 0) is 51.4 Å². The van der Waals surface area contributed by atoms with Crippen LogP contribution in [0.15, 0.2) is 0 Å². The molecule has 4 saturated carbocycles. The molecule has 0 aromatic carbocycles. The van der Waals surface area contributed by atoms with Crippen molar-refractivity contribution in [1.29, 1.82) is 0 Å². The predicted molar refractivity (Wildman–Crippen MR) is 115 cm³/mol. The average Bonchev–Trinajstić information content (AvgIpc) is 3.56. The molecule has 6 aliphatic rings. The van der Waals surface area contributed by atoms with E-state index in [1.807, 2.05) is 18.7 Å². The maximum atomic E-state index is 13.5. The number of carbonyl (C=O) groups is 3. The third-order valence-electron chi connectivity index (χ3n) is 9.54. The second-order valence-corrected chi connectivity index (χ2v) is 11.7. The minimum atomic E-state index is -0.583. The number of carbonyl (C=O) groups excluding carboxylic acids is 3. The van der Waals surface area contributed by atoms with Gasteiger partial charge in [0.2, 0.25) is 0 Å². The van der Waals surface area contributed by atoms with Crippen LogP contribution in [0.4, 0.5) is 0 Å². The van der Waals surface area contributed by atoms with Crippen LogP contribution in [-0.4, -0.2) is 73.5 Å². The number of hydrogen-bond acceptors (Lipinski definition) is 8. The van der Waals surface area contributed by atoms with Crippen molar-refractivity contribution in [1.82, 2.24) is 4.90 Å². The Bertz CT molecular complexity index is 837. The number of hydrogen-bond donors (Lipinski definition) is 0. The van der Waals surface area contributed by atoms with E-state index in [1.165, 1.54) is 19.3 Å². The summed E-state index contributed by atoms with van der Waals surface area (Å²) in [5.41, 5.74) is -0.552. The summed E-state index contributed by atoms with van der Waals surface area (Å²) in [4.78, 5) is 40.9. The average molecular weight is 462 g/mol. The third-order valence-corrected chi connectivity index (χ3v) is 9.54. The van der Waals surface area contributed by atoms with Crippen LogP contribution in [0.1, 0.15) is 46.0 Å². The summed E-state index contributed by atoms with van der Waals surface area (Å²) >= 11 is 0. The van der Waals surface area contributed by atoms with Gasteiger partial charge in [0.1, 0.15) is 17.8 Å². The van der Waals surface area contributed by atoms with Crippen LogP contribution in [0.25, 0.3) is 0 Å². The van der Waals surface area contributed by atoms with Crippen LogP contribution >= 0.6 is 0 Å². The van der Waals surface area contributed by atoms with Gasteiger partial charge in [0.15, 0.2) is 0 Å². The third kappa shape index (κ3) is 3.59. The molecule has 4 aliphatic carbocycles. The molecular formula is C25H35NO7. The first-order valence-corrected chi connectivity index (χ1v) is 12.7. The molecule has 0 spiro atoms. The van der Waals surface area contributed by atoms with Gasteiger partial charge in [-0.1, -0.05) is 6.42 Å². The van der Waals surface area contributed by atoms with Gasteiger partial charge in [-0.3, -0.25) is 19.3 Å². The van der Waals surface area contributed by atoms with Gasteiger partial charge in [0.05, 0.1) is 31.6 Å². The van der Waals surface area contributed by atoms with E-state index < -0.39 is 29.6 Å². The monoisotopic (exact) mass is 461 g/mol. The molecule has 2 heterocycles. The van der Waals surface area contributed by atoms with Crippen molar-refractivity contribution in [3.05, 3.63) is 0 Å². The molecule has 2 saturated heterocycles. The van der Waals surface area contributed by atoms with Gasteiger partial charge >= 0.3 is 17.9 Å². The van der Waals surface area contributed by atoms with Gasteiger partial charge in [-0.2, -0.15) is 0 Å². The Hall–Kier alpha value is -1.67. The number of rotatable bonds is 6. The lowest BCUT2D eigenvalue weighted by Crippen LogP contribution is -2.48. The van der Waals surface area contributed by atoms with Crippen molar-refractivity contribution in [3.8, 4) is 0 Å². The van der Waals surface area contributed by atoms with Crippen molar-refractivity contribution < 1.29 is 33.3 Å². The van der Waals surface area contributed by atoms with Crippen molar-refractivity contribution in [3.63, 3.8) is 0 Å². The molecule has 33 heavy (non-hydrogen) atoms. The highest BCUT2D eigenvalue weighted by Gasteiger charge is 2.70. The van der Waals surface area contributed by atoms with Crippen LogP contribution < -0.4 is 0 Å². The maximum absolute atomic E-state index is 13.5. The highest BCUT2D eigenvalue weighted by molar-refractivity contribution is 5.86. The van der Waals surface area contributed by atoms with Gasteiger partial charge in [-0.15, -0.1) is 0 Å². The van der Waals surface area contributed by atoms with Crippen molar-refractivity contribution in [2.24, 2.45) is 41.4 Å². The quantitative estimate of drug-likeness (QED) is 0.437. The zero-order chi connectivity index (χ0) is 22.9. The minimum Gasteiger partial charge on any atom is -0.459 e. The normalized spacial score (nSPS) is 43.7. The topological polar surface area (TPSA) is 91.4 Å². The molecule has 0 aromatic heterocycles. The van der Waals surface area contributed by atoms with Crippen molar-refractivity contribution in [2.75, 3.05) is 32.8 Å². The fourth-order valence-electron chi connectivity index (χ4n) is 8.10. The SMILES string of the molecule is CC(C)(OC(=O)C1C2CC3C(OC(=O)C31)C2OC(=O)CN1CCOCC1)C1CC2CCC1C2. The van der Waals surface area contributed by atoms with Gasteiger partial charge in [0, 0.05) is 30.8 Å². The molecule has 8 heteroatoms. The lowest BCUT2D eigenvalue weighted by Gasteiger charge is -2.39. The molecule has 182 valence electrons. The first kappa shape index (κ1) is 21.8. The zero-order valence-electron chi connectivity index (χ0n) is 19.6. The molecule has 4 bridgehead atoms. The second-order valence-electron chi connectivity index (χ2n) is 11.7. The molecular weight excluding hydrogens is 426 g/mol. The summed E-state index contributed by atoms with van der Waals surface area (Å²) in [6.45, 7) is 6.84. The summed E-state index contributed by atoms with van der Waals surface area (Å²) in [7, 11) is 0. The Morgan fingerprint density at radius 3 is 2.58 bits per heavy atom. The standard InChI is InChI=1S/C25H35NO7/c1-25(2,17-10-13-3-4-14(17)9-13)33-24(29)20-16-11-15-19(20)23(28)32-22(15)21(16)31-18(27)12-26-5-7-30-8-6-26/h13-17,19-22H,3-12H2,1-2H3. The molecule has 6 rings (SSSR count). The van der Waals surface area contributed by atoms with E-state index in [1.54, 1.807) is 0 Å². The van der Waals surface area contributed by atoms with E-state index in [2.05, 4.69) is 0 Å². The second kappa shape index (κ2) is 7.94. The van der Waals surface area contributed by atoms with Crippen LogP contribution in [0.2, 0.25) is 0 Å². The Balaban J connectivity index is 1.14. The Labute approximate surface area is 194 Å². The summed E-state index contributed by atoms with van der Waals surface area (Å²) in [5, 5.41) is 0. The molecule has 0 aromatic rings. The van der Waals surface area contributed by atoms with E-state index in [-0.39, 0.29) is 36.3 Å². The van der Waals surface area contributed by atoms with Gasteiger partial charge in [-0.25, -0.2) is 0 Å². The molecule has 8 nitrogen and oxygen atoms in total. The van der Waals surface area contributed by atoms with Crippen LogP contribution in [0.5, 0.6) is 0 Å². The summed E-state index contributed by atoms with van der Waals surface area (Å²) < 4.78 is 23.0. The summed E-state index contributed by atoms with van der Waals surface area (Å²) in [6, 6.07) is 0. The van der Waals surface area contributed by atoms with E-state index in [0.29, 0.717) is 44.6 Å². The zero-order valence-corrected chi connectivity index (χ0v) is 19.6. The number of esters is 3. The number of ether oxygens (including phenoxy) is 4. The number of fused-ring (bicyclic) bond motifs is 3. The van der Waals surface area contributed by atoms with E-state index in [9.17, 15) is 14.4 Å². The van der Waals surface area contributed by atoms with Crippen molar-refractivity contribution in [2.45, 2.75) is 63.8 Å². The predicted octanol–water partition coefficient (Wildman–Crippen LogP) is 1.80. The first-order valence-electron chi connectivity index (χ1n) is 12.7. The van der Waals surface area contributed by atoms with Crippen LogP contribution in [0, 0.1) is 41.4 Å². The fraction of sp³-hybridized carbons (Fsp3) is 0.880. The molecule has 2 aliphatic heterocycles. The smallest absolute Gasteiger partial charge is 0.320 e. The lowest BCUT2D eigenvalue weighted by molar-refractivity contribution is -0.178. The van der Waals surface area contributed by atoms with E-state index in [0.717, 1.165) is 12.3 Å². The molecule has 9 atom stereocenters. The van der Waals surface area contributed by atoms with Gasteiger partial charge in [0.25, 0.3) is 0 Å². The molecule has 0 radical (unpaired) electrons. The fourth-order valence-corrected chi connectivity index (χ4v) is 8.10. The Kier molecular flexibility index (Phi) is 5.25. The molecule has 6 fully saturated rings. The summed E-state index contributed by atoms with van der Waals surface area (Å²) in [5.74, 6) is -0.523. The van der Waals surface area contributed by atoms with E-state index in [4.69, 9.17) is 18.9 Å². The lowest BCUT2D eigenvalue weighted by atomic mass is 9.76. The minimum absolute atomic E-state index is 0.0631. The number of morpholine rings is 1.